The van der Waals surface area contributed by atoms with Crippen molar-refractivity contribution in [2.75, 3.05) is 5.90 Å². The summed E-state index contributed by atoms with van der Waals surface area (Å²) in [5.41, 5.74) is -0.629. The van der Waals surface area contributed by atoms with Crippen LogP contribution in [0.25, 0.3) is 0 Å². The molecular weight excluding hydrogens is 326 g/mol. The van der Waals surface area contributed by atoms with Gasteiger partial charge in [-0.15, -0.1) is 6.58 Å². The average molecular weight is 354 g/mol. The summed E-state index contributed by atoms with van der Waals surface area (Å²) in [7, 11) is -7.57. The lowest BCUT2D eigenvalue weighted by Crippen LogP contribution is -2.16. The van der Waals surface area contributed by atoms with E-state index >= 15 is 0 Å². The molecule has 0 N–H and O–H groups in total. The van der Waals surface area contributed by atoms with Gasteiger partial charge in [-0.25, -0.2) is 0 Å². The van der Waals surface area contributed by atoms with Gasteiger partial charge in [0, 0.05) is 6.42 Å². The van der Waals surface area contributed by atoms with Crippen LogP contribution in [0.15, 0.2) is 12.7 Å². The van der Waals surface area contributed by atoms with Gasteiger partial charge in [-0.1, -0.05) is 6.08 Å². The Kier molecular flexibility index (Phi) is 9.04. The average Bonchev–Trinajstić information content (AvgIpc) is 2.24. The van der Waals surface area contributed by atoms with Crippen molar-refractivity contribution in [3.63, 3.8) is 0 Å². The SMILES string of the molecule is C=CCC(=O)P(=O)(CP(=O)(OC(C)C)OC(C)C)OC(C)C. The Bertz CT molecular complexity index is 456. The lowest BCUT2D eigenvalue weighted by molar-refractivity contribution is -0.112. The van der Waals surface area contributed by atoms with Crippen molar-refractivity contribution in [1.82, 2.24) is 0 Å². The zero-order valence-corrected chi connectivity index (χ0v) is 16.1. The van der Waals surface area contributed by atoms with E-state index in [1.165, 1.54) is 6.08 Å². The molecule has 0 aromatic heterocycles. The van der Waals surface area contributed by atoms with Crippen molar-refractivity contribution in [2.24, 2.45) is 0 Å². The van der Waals surface area contributed by atoms with E-state index in [9.17, 15) is 13.9 Å². The second-order valence-electron chi connectivity index (χ2n) is 5.77. The van der Waals surface area contributed by atoms with Crippen LogP contribution in [0.1, 0.15) is 48.0 Å². The maximum Gasteiger partial charge on any atom is 0.341 e. The van der Waals surface area contributed by atoms with E-state index < -0.39 is 44.7 Å². The molecule has 0 aromatic rings. The number of rotatable bonds is 11. The molecule has 0 saturated heterocycles. The van der Waals surface area contributed by atoms with Crippen LogP contribution < -0.4 is 0 Å². The predicted molar refractivity (Wildman–Crippen MR) is 88.6 cm³/mol. The van der Waals surface area contributed by atoms with Gasteiger partial charge in [-0.3, -0.25) is 13.9 Å². The van der Waals surface area contributed by atoms with Crippen LogP contribution in [0.3, 0.4) is 0 Å². The van der Waals surface area contributed by atoms with Crippen molar-refractivity contribution in [3.05, 3.63) is 12.7 Å². The van der Waals surface area contributed by atoms with Crippen LogP contribution in [-0.2, 0) is 27.5 Å². The molecule has 0 radical (unpaired) electrons. The summed E-state index contributed by atoms with van der Waals surface area (Å²) in [6, 6.07) is 0. The molecular formula is C14H28O6P2. The molecule has 1 unspecified atom stereocenters. The monoisotopic (exact) mass is 354 g/mol. The summed E-state index contributed by atoms with van der Waals surface area (Å²) in [6.45, 7) is 13.5. The van der Waals surface area contributed by atoms with Crippen molar-refractivity contribution in [3.8, 4) is 0 Å². The molecule has 0 heterocycles. The number of hydrogen-bond donors (Lipinski definition) is 0. The van der Waals surface area contributed by atoms with Gasteiger partial charge in [0.05, 0.1) is 18.3 Å². The van der Waals surface area contributed by atoms with Gasteiger partial charge in [0.1, 0.15) is 5.90 Å². The summed E-state index contributed by atoms with van der Waals surface area (Å²) in [4.78, 5) is 12.2. The topological polar surface area (TPSA) is 78.9 Å². The number of allylic oxidation sites excluding steroid dienone is 1. The van der Waals surface area contributed by atoms with Crippen molar-refractivity contribution < 1.29 is 27.5 Å². The second kappa shape index (κ2) is 9.14. The van der Waals surface area contributed by atoms with Crippen molar-refractivity contribution in [1.29, 1.82) is 0 Å². The fourth-order valence-corrected chi connectivity index (χ4v) is 7.53. The van der Waals surface area contributed by atoms with Crippen molar-refractivity contribution in [2.45, 2.75) is 66.3 Å². The fraction of sp³-hybridized carbons (Fsp3) is 0.786. The van der Waals surface area contributed by atoms with E-state index in [0.717, 1.165) is 0 Å². The smallest absolute Gasteiger partial charge is 0.320 e. The highest BCUT2D eigenvalue weighted by Gasteiger charge is 2.43. The lowest BCUT2D eigenvalue weighted by Gasteiger charge is -2.27. The molecule has 1 atom stereocenters. The zero-order valence-electron chi connectivity index (χ0n) is 14.3. The van der Waals surface area contributed by atoms with Crippen LogP contribution in [0, 0.1) is 0 Å². The van der Waals surface area contributed by atoms with Gasteiger partial charge in [0.2, 0.25) is 5.52 Å². The van der Waals surface area contributed by atoms with Gasteiger partial charge in [-0.05, 0) is 41.5 Å². The van der Waals surface area contributed by atoms with E-state index in [4.69, 9.17) is 13.6 Å². The van der Waals surface area contributed by atoms with Gasteiger partial charge in [0.25, 0.3) is 7.37 Å². The van der Waals surface area contributed by atoms with Crippen LogP contribution >= 0.6 is 15.0 Å². The minimum atomic E-state index is -3.84. The van der Waals surface area contributed by atoms with E-state index in [0.29, 0.717) is 0 Å². The highest BCUT2D eigenvalue weighted by atomic mass is 31.2. The molecule has 0 aliphatic heterocycles. The normalized spacial score (nSPS) is 15.3. The van der Waals surface area contributed by atoms with Crippen LogP contribution in [-0.4, -0.2) is 29.7 Å². The third-order valence-corrected chi connectivity index (χ3v) is 8.25. The Morgan fingerprint density at radius 1 is 0.955 bits per heavy atom. The van der Waals surface area contributed by atoms with Gasteiger partial charge < -0.3 is 13.6 Å². The van der Waals surface area contributed by atoms with Gasteiger partial charge >= 0.3 is 7.60 Å². The molecule has 22 heavy (non-hydrogen) atoms. The Hall–Kier alpha value is -0.250. The number of carbonyl (C=O) groups excluding carboxylic acids is 1. The molecule has 8 heteroatoms. The Balaban J connectivity index is 5.53. The largest absolute Gasteiger partial charge is 0.341 e. The zero-order chi connectivity index (χ0) is 17.6. The molecule has 6 nitrogen and oxygen atoms in total. The van der Waals surface area contributed by atoms with Crippen LogP contribution in [0.5, 0.6) is 0 Å². The molecule has 0 aromatic carbocycles. The Morgan fingerprint density at radius 2 is 1.36 bits per heavy atom. The Morgan fingerprint density at radius 3 is 1.68 bits per heavy atom. The number of hydrogen-bond acceptors (Lipinski definition) is 6. The van der Waals surface area contributed by atoms with E-state index in [-0.39, 0.29) is 6.42 Å². The minimum absolute atomic E-state index is 0.118. The van der Waals surface area contributed by atoms with E-state index in [2.05, 4.69) is 6.58 Å². The van der Waals surface area contributed by atoms with Gasteiger partial charge in [0.15, 0.2) is 0 Å². The lowest BCUT2D eigenvalue weighted by atomic mass is 10.5. The highest BCUT2D eigenvalue weighted by molar-refractivity contribution is 7.84. The quantitative estimate of drug-likeness (QED) is 0.392. The summed E-state index contributed by atoms with van der Waals surface area (Å²) >= 11 is 0. The molecule has 0 aliphatic carbocycles. The molecule has 0 bridgehead atoms. The molecule has 0 spiro atoms. The molecule has 0 fully saturated rings. The predicted octanol–water partition coefficient (Wildman–Crippen LogP) is 4.79. The number of carbonyl (C=O) groups is 1. The van der Waals surface area contributed by atoms with Crippen LogP contribution in [0.2, 0.25) is 0 Å². The first-order valence-corrected chi connectivity index (χ1v) is 10.9. The maximum atomic E-state index is 12.9. The first-order valence-electron chi connectivity index (χ1n) is 7.31. The minimum Gasteiger partial charge on any atom is -0.320 e. The molecule has 0 saturated carbocycles. The highest BCUT2D eigenvalue weighted by Crippen LogP contribution is 2.65. The van der Waals surface area contributed by atoms with E-state index in [1.54, 1.807) is 41.5 Å². The second-order valence-corrected chi connectivity index (χ2v) is 10.6. The third kappa shape index (κ3) is 7.85. The third-order valence-electron chi connectivity index (χ3n) is 2.18. The van der Waals surface area contributed by atoms with Gasteiger partial charge in [-0.2, -0.15) is 0 Å². The molecule has 130 valence electrons. The fourth-order valence-electron chi connectivity index (χ4n) is 1.74. The molecule has 0 aliphatic rings. The maximum absolute atomic E-state index is 12.9. The summed E-state index contributed by atoms with van der Waals surface area (Å²) < 4.78 is 41.9. The van der Waals surface area contributed by atoms with E-state index in [1.807, 2.05) is 0 Å². The summed E-state index contributed by atoms with van der Waals surface area (Å²) in [5, 5.41) is 0. The summed E-state index contributed by atoms with van der Waals surface area (Å²) in [5.74, 6) is -0.554. The standard InChI is InChI=1S/C14H28O6P2/c1-8-9-14(15)21(16,18-11(2)3)10-22(17,19-12(4)5)20-13(6)7/h8,11-13H,1,9-10H2,2-7H3. The first kappa shape index (κ1) is 21.8. The molecule has 0 amide bonds. The van der Waals surface area contributed by atoms with Crippen molar-refractivity contribution >= 4 is 20.5 Å². The first-order chi connectivity index (χ1) is 9.94. The Labute approximate surface area is 133 Å². The van der Waals surface area contributed by atoms with Crippen LogP contribution in [0.4, 0.5) is 0 Å². The summed E-state index contributed by atoms with van der Waals surface area (Å²) in [6.07, 6.45) is -0.0202. The molecule has 0 rings (SSSR count).